The quantitative estimate of drug-likeness (QED) is 0.793. The lowest BCUT2D eigenvalue weighted by molar-refractivity contribution is -0.116. The minimum absolute atomic E-state index is 0.126. The topological polar surface area (TPSA) is 44.4 Å². The molecule has 2 N–H and O–H groups in total. The molecule has 2 aromatic rings. The van der Waals surface area contributed by atoms with Crippen LogP contribution in [0.2, 0.25) is 0 Å². The van der Waals surface area contributed by atoms with Crippen LogP contribution >= 0.6 is 0 Å². The molecule has 0 aromatic heterocycles. The summed E-state index contributed by atoms with van der Waals surface area (Å²) in [5.41, 5.74) is 2.75. The highest BCUT2D eigenvalue weighted by atomic mass is 19.1. The molecule has 3 rings (SSSR count). The summed E-state index contributed by atoms with van der Waals surface area (Å²) in [6.45, 7) is 4.19. The fourth-order valence-electron chi connectivity index (χ4n) is 3.24. The van der Waals surface area contributed by atoms with Gasteiger partial charge in [-0.2, -0.15) is 0 Å². The van der Waals surface area contributed by atoms with E-state index in [0.717, 1.165) is 18.8 Å². The van der Waals surface area contributed by atoms with Crippen molar-refractivity contribution in [3.8, 4) is 0 Å². The maximum absolute atomic E-state index is 13.0. The molecule has 0 aliphatic carbocycles. The summed E-state index contributed by atoms with van der Waals surface area (Å²) < 4.78 is 13.0. The third kappa shape index (κ3) is 4.75. The predicted molar refractivity (Wildman–Crippen MR) is 105 cm³/mol. The van der Waals surface area contributed by atoms with Gasteiger partial charge in [0.15, 0.2) is 0 Å². The third-order valence-electron chi connectivity index (χ3n) is 4.77. The average Bonchev–Trinajstić information content (AvgIpc) is 2.69. The Morgan fingerprint density at radius 1 is 1.00 bits per heavy atom. The Morgan fingerprint density at radius 2 is 1.62 bits per heavy atom. The van der Waals surface area contributed by atoms with Crippen molar-refractivity contribution in [2.75, 3.05) is 28.6 Å². The zero-order valence-corrected chi connectivity index (χ0v) is 15.2. The summed E-state index contributed by atoms with van der Waals surface area (Å²) in [5.74, 6) is -0.443. The van der Waals surface area contributed by atoms with Gasteiger partial charge in [0.25, 0.3) is 0 Å². The van der Waals surface area contributed by atoms with Gasteiger partial charge in [0.1, 0.15) is 11.9 Å². The van der Waals surface area contributed by atoms with E-state index in [1.807, 2.05) is 19.1 Å². The van der Waals surface area contributed by atoms with E-state index in [1.165, 1.54) is 37.1 Å². The molecule has 1 atom stereocenters. The highest BCUT2D eigenvalue weighted by molar-refractivity contribution is 5.96. The van der Waals surface area contributed by atoms with Crippen molar-refractivity contribution in [3.63, 3.8) is 0 Å². The molecule has 5 heteroatoms. The summed E-state index contributed by atoms with van der Waals surface area (Å²) >= 11 is 0. The molecule has 1 unspecified atom stereocenters. The molecule has 1 amide bonds. The first-order valence-electron chi connectivity index (χ1n) is 9.33. The average molecular weight is 355 g/mol. The molecule has 0 radical (unpaired) electrons. The van der Waals surface area contributed by atoms with Crippen molar-refractivity contribution in [1.29, 1.82) is 0 Å². The van der Waals surface area contributed by atoms with E-state index in [-0.39, 0.29) is 17.8 Å². The first-order chi connectivity index (χ1) is 12.7. The Morgan fingerprint density at radius 3 is 2.23 bits per heavy atom. The van der Waals surface area contributed by atoms with E-state index >= 15 is 0 Å². The van der Waals surface area contributed by atoms with Crippen LogP contribution in [-0.4, -0.2) is 25.0 Å². The van der Waals surface area contributed by atoms with Crippen LogP contribution in [0.3, 0.4) is 0 Å². The molecule has 4 nitrogen and oxygen atoms in total. The second kappa shape index (κ2) is 8.70. The number of benzene rings is 2. The van der Waals surface area contributed by atoms with Gasteiger partial charge >= 0.3 is 0 Å². The van der Waals surface area contributed by atoms with E-state index < -0.39 is 0 Å². The van der Waals surface area contributed by atoms with Crippen LogP contribution in [0.1, 0.15) is 32.6 Å². The van der Waals surface area contributed by atoms with Crippen LogP contribution in [0.15, 0.2) is 48.5 Å². The lowest BCUT2D eigenvalue weighted by Crippen LogP contribution is -2.34. The molecule has 1 fully saturated rings. The standard InChI is InChI=1S/C21H26FN3O/c1-2-20(21(26)24-18-8-6-16(22)7-9-18)23-17-10-12-19(13-11-17)25-14-4-3-5-15-25/h6-13,20,23H,2-5,14-15H2,1H3,(H,24,26). The smallest absolute Gasteiger partial charge is 0.246 e. The van der Waals surface area contributed by atoms with Crippen LogP contribution in [0.25, 0.3) is 0 Å². The Labute approximate surface area is 154 Å². The van der Waals surface area contributed by atoms with Gasteiger partial charge in [-0.1, -0.05) is 6.92 Å². The van der Waals surface area contributed by atoms with Gasteiger partial charge in [0, 0.05) is 30.2 Å². The van der Waals surface area contributed by atoms with Gasteiger partial charge in [-0.3, -0.25) is 4.79 Å². The van der Waals surface area contributed by atoms with Crippen molar-refractivity contribution < 1.29 is 9.18 Å². The van der Waals surface area contributed by atoms with Crippen LogP contribution in [0.4, 0.5) is 21.5 Å². The maximum atomic E-state index is 13.0. The minimum Gasteiger partial charge on any atom is -0.374 e. The summed E-state index contributed by atoms with van der Waals surface area (Å²) in [4.78, 5) is 14.9. The number of amides is 1. The second-order valence-corrected chi connectivity index (χ2v) is 6.70. The van der Waals surface area contributed by atoms with Gasteiger partial charge in [-0.05, 0) is 74.2 Å². The number of hydrogen-bond donors (Lipinski definition) is 2. The Hall–Kier alpha value is -2.56. The predicted octanol–water partition coefficient (Wildman–Crippen LogP) is 4.65. The van der Waals surface area contributed by atoms with Gasteiger partial charge in [-0.15, -0.1) is 0 Å². The maximum Gasteiger partial charge on any atom is 0.246 e. The number of halogens is 1. The van der Waals surface area contributed by atoms with E-state index in [1.54, 1.807) is 12.1 Å². The monoisotopic (exact) mass is 355 g/mol. The molecular formula is C21H26FN3O. The van der Waals surface area contributed by atoms with Gasteiger partial charge in [0.2, 0.25) is 5.91 Å². The Kier molecular flexibility index (Phi) is 6.10. The molecule has 1 aliphatic heterocycles. The molecule has 0 saturated carbocycles. The lowest BCUT2D eigenvalue weighted by atomic mass is 10.1. The van der Waals surface area contributed by atoms with Crippen LogP contribution < -0.4 is 15.5 Å². The largest absolute Gasteiger partial charge is 0.374 e. The molecular weight excluding hydrogens is 329 g/mol. The molecule has 138 valence electrons. The molecule has 0 spiro atoms. The van der Waals surface area contributed by atoms with Crippen molar-refractivity contribution in [3.05, 3.63) is 54.3 Å². The second-order valence-electron chi connectivity index (χ2n) is 6.70. The molecule has 2 aromatic carbocycles. The number of piperidine rings is 1. The number of nitrogens with zero attached hydrogens (tertiary/aromatic N) is 1. The zero-order chi connectivity index (χ0) is 18.4. The molecule has 1 saturated heterocycles. The first-order valence-corrected chi connectivity index (χ1v) is 9.33. The highest BCUT2D eigenvalue weighted by Crippen LogP contribution is 2.22. The number of rotatable bonds is 6. The molecule has 26 heavy (non-hydrogen) atoms. The van der Waals surface area contributed by atoms with E-state index in [0.29, 0.717) is 12.1 Å². The molecule has 1 aliphatic rings. The Balaban J connectivity index is 1.59. The number of carbonyl (C=O) groups excluding carboxylic acids is 1. The van der Waals surface area contributed by atoms with Gasteiger partial charge in [-0.25, -0.2) is 4.39 Å². The van der Waals surface area contributed by atoms with Crippen LogP contribution in [0.5, 0.6) is 0 Å². The normalized spacial score (nSPS) is 15.4. The number of hydrogen-bond acceptors (Lipinski definition) is 3. The summed E-state index contributed by atoms with van der Waals surface area (Å²) in [7, 11) is 0. The number of nitrogens with one attached hydrogen (secondary N) is 2. The Bertz CT molecular complexity index is 709. The number of carbonyl (C=O) groups is 1. The molecule has 0 bridgehead atoms. The fourth-order valence-corrected chi connectivity index (χ4v) is 3.24. The van der Waals surface area contributed by atoms with Crippen molar-refractivity contribution in [2.45, 2.75) is 38.6 Å². The van der Waals surface area contributed by atoms with E-state index in [2.05, 4.69) is 27.7 Å². The zero-order valence-electron chi connectivity index (χ0n) is 15.2. The van der Waals surface area contributed by atoms with E-state index in [9.17, 15) is 9.18 Å². The van der Waals surface area contributed by atoms with Crippen molar-refractivity contribution in [2.24, 2.45) is 0 Å². The lowest BCUT2D eigenvalue weighted by Gasteiger charge is -2.29. The fraction of sp³-hybridized carbons (Fsp3) is 0.381. The van der Waals surface area contributed by atoms with Crippen LogP contribution in [0, 0.1) is 5.82 Å². The van der Waals surface area contributed by atoms with Gasteiger partial charge < -0.3 is 15.5 Å². The summed E-state index contributed by atoms with van der Waals surface area (Å²) in [6, 6.07) is 13.7. The van der Waals surface area contributed by atoms with Gasteiger partial charge in [0.05, 0.1) is 0 Å². The van der Waals surface area contributed by atoms with Crippen LogP contribution in [-0.2, 0) is 4.79 Å². The summed E-state index contributed by atoms with van der Waals surface area (Å²) in [5, 5.41) is 6.11. The van der Waals surface area contributed by atoms with Crippen molar-refractivity contribution >= 4 is 23.0 Å². The first kappa shape index (κ1) is 18.2. The number of anilines is 3. The highest BCUT2D eigenvalue weighted by Gasteiger charge is 2.17. The minimum atomic E-state index is -0.346. The SMILES string of the molecule is CCC(Nc1ccc(N2CCCCC2)cc1)C(=O)Nc1ccc(F)cc1. The summed E-state index contributed by atoms with van der Waals surface area (Å²) in [6.07, 6.45) is 4.47. The third-order valence-corrected chi connectivity index (χ3v) is 4.77. The van der Waals surface area contributed by atoms with Crippen molar-refractivity contribution in [1.82, 2.24) is 0 Å². The molecule has 1 heterocycles. The van der Waals surface area contributed by atoms with E-state index in [4.69, 9.17) is 0 Å².